The number of hydrogen-bond acceptors (Lipinski definition) is 9. The van der Waals surface area contributed by atoms with Crippen LogP contribution >= 0.6 is 23.1 Å². The van der Waals surface area contributed by atoms with Crippen LogP contribution < -0.4 is 9.62 Å². The molecule has 168 valence electrons. The Morgan fingerprint density at radius 3 is 2.44 bits per heavy atom. The van der Waals surface area contributed by atoms with Gasteiger partial charge in [0.1, 0.15) is 6.54 Å². The van der Waals surface area contributed by atoms with Crippen LogP contribution in [0.3, 0.4) is 0 Å². The van der Waals surface area contributed by atoms with E-state index in [1.807, 2.05) is 6.92 Å². The van der Waals surface area contributed by atoms with Crippen LogP contribution in [0, 0.1) is 6.92 Å². The minimum Gasteiger partial charge on any atom is -0.468 e. The number of ether oxygens (including phenoxy) is 1. The number of anilines is 2. The molecule has 0 saturated heterocycles. The number of nitrogens with zero attached hydrogens (tertiary/aromatic N) is 3. The highest BCUT2D eigenvalue weighted by Gasteiger charge is 2.27. The second kappa shape index (κ2) is 10.6. The topological polar surface area (TPSA) is 119 Å². The summed E-state index contributed by atoms with van der Waals surface area (Å²) in [6, 6.07) is 14.8. The van der Waals surface area contributed by atoms with Crippen molar-refractivity contribution in [2.45, 2.75) is 16.2 Å². The highest BCUT2D eigenvalue weighted by molar-refractivity contribution is 8.01. The lowest BCUT2D eigenvalue weighted by atomic mass is 10.2. The molecule has 9 nitrogen and oxygen atoms in total. The van der Waals surface area contributed by atoms with E-state index in [-0.39, 0.29) is 15.8 Å². The van der Waals surface area contributed by atoms with E-state index in [0.29, 0.717) is 10.0 Å². The number of methoxy groups -OCH3 is 1. The summed E-state index contributed by atoms with van der Waals surface area (Å²) in [7, 11) is -2.70. The number of nitrogens with one attached hydrogen (secondary N) is 1. The number of thioether (sulfide) groups is 1. The average molecular weight is 493 g/mol. The molecule has 1 amide bonds. The lowest BCUT2D eigenvalue weighted by Gasteiger charge is -2.23. The molecular formula is C20H20N4O5S3. The number of benzene rings is 2. The van der Waals surface area contributed by atoms with Gasteiger partial charge in [-0.15, -0.1) is 10.2 Å². The molecule has 0 spiro atoms. The molecule has 0 aliphatic carbocycles. The zero-order valence-electron chi connectivity index (χ0n) is 17.2. The third kappa shape index (κ3) is 6.05. The molecule has 2 aromatic carbocycles. The van der Waals surface area contributed by atoms with E-state index in [1.165, 1.54) is 19.2 Å². The highest BCUT2D eigenvalue weighted by atomic mass is 32.2. The SMILES string of the molecule is COC(=O)CSc1nnc(NC(=O)CN(c2ccccc2)S(=O)(=O)c2ccc(C)cc2)s1. The third-order valence-corrected chi connectivity index (χ3v) is 7.87. The number of aryl methyl sites for hydroxylation is 1. The molecule has 0 saturated carbocycles. The maximum atomic E-state index is 13.3. The summed E-state index contributed by atoms with van der Waals surface area (Å²) in [6.45, 7) is 1.41. The van der Waals surface area contributed by atoms with E-state index in [2.05, 4.69) is 20.3 Å². The predicted molar refractivity (Wildman–Crippen MR) is 123 cm³/mol. The van der Waals surface area contributed by atoms with Crippen molar-refractivity contribution in [1.29, 1.82) is 0 Å². The normalized spacial score (nSPS) is 11.1. The fraction of sp³-hybridized carbons (Fsp3) is 0.200. The Bertz CT molecular complexity index is 1180. The van der Waals surface area contributed by atoms with Gasteiger partial charge in [0.2, 0.25) is 11.0 Å². The van der Waals surface area contributed by atoms with Crippen LogP contribution in [0.25, 0.3) is 0 Å². The number of para-hydroxylation sites is 1. The Kier molecular flexibility index (Phi) is 7.83. The molecular weight excluding hydrogens is 472 g/mol. The molecule has 3 rings (SSSR count). The minimum absolute atomic E-state index is 0.0651. The molecule has 0 atom stereocenters. The summed E-state index contributed by atoms with van der Waals surface area (Å²) in [4.78, 5) is 24.0. The van der Waals surface area contributed by atoms with Gasteiger partial charge in [0, 0.05) is 0 Å². The number of carbonyl (C=O) groups excluding carboxylic acids is 2. The maximum Gasteiger partial charge on any atom is 0.316 e. The Morgan fingerprint density at radius 1 is 1.09 bits per heavy atom. The van der Waals surface area contributed by atoms with Crippen LogP contribution in [0.2, 0.25) is 0 Å². The van der Waals surface area contributed by atoms with E-state index >= 15 is 0 Å². The molecule has 12 heteroatoms. The molecule has 1 aromatic heterocycles. The lowest BCUT2D eigenvalue weighted by Crippen LogP contribution is -2.38. The number of carbonyl (C=O) groups is 2. The van der Waals surface area contributed by atoms with Crippen molar-refractivity contribution in [2.24, 2.45) is 0 Å². The summed E-state index contributed by atoms with van der Waals surface area (Å²) in [5.74, 6) is -0.920. The van der Waals surface area contributed by atoms with Crippen molar-refractivity contribution in [2.75, 3.05) is 29.0 Å². The van der Waals surface area contributed by atoms with Crippen molar-refractivity contribution in [3.63, 3.8) is 0 Å². The molecule has 0 bridgehead atoms. The molecule has 1 N–H and O–H groups in total. The summed E-state index contributed by atoms with van der Waals surface area (Å²) in [5, 5.41) is 10.5. The zero-order valence-corrected chi connectivity index (χ0v) is 19.7. The van der Waals surface area contributed by atoms with Gasteiger partial charge >= 0.3 is 5.97 Å². The Morgan fingerprint density at radius 2 is 1.78 bits per heavy atom. The number of rotatable bonds is 9. The Hall–Kier alpha value is -2.96. The fourth-order valence-corrected chi connectivity index (χ4v) is 5.56. The Balaban J connectivity index is 1.77. The van der Waals surface area contributed by atoms with E-state index in [9.17, 15) is 18.0 Å². The van der Waals surface area contributed by atoms with Crippen molar-refractivity contribution < 1.29 is 22.7 Å². The van der Waals surface area contributed by atoms with E-state index in [4.69, 9.17) is 0 Å². The van der Waals surface area contributed by atoms with Crippen LogP contribution in [0.15, 0.2) is 63.8 Å². The second-order valence-corrected chi connectivity index (χ2v) is 10.5. The number of hydrogen-bond donors (Lipinski definition) is 1. The Labute approximate surface area is 193 Å². The third-order valence-electron chi connectivity index (χ3n) is 4.13. The molecule has 3 aromatic rings. The largest absolute Gasteiger partial charge is 0.468 e. The predicted octanol–water partition coefficient (Wildman–Crippen LogP) is 2.95. The van der Waals surface area contributed by atoms with Gasteiger partial charge in [-0.1, -0.05) is 59.0 Å². The lowest BCUT2D eigenvalue weighted by molar-refractivity contribution is -0.137. The van der Waals surface area contributed by atoms with E-state index in [0.717, 1.165) is 33.0 Å². The van der Waals surface area contributed by atoms with Gasteiger partial charge < -0.3 is 4.74 Å². The average Bonchev–Trinajstić information content (AvgIpc) is 3.23. The molecule has 0 unspecified atom stereocenters. The number of sulfonamides is 1. The zero-order chi connectivity index (χ0) is 23.1. The quantitative estimate of drug-likeness (QED) is 0.275. The second-order valence-electron chi connectivity index (χ2n) is 6.45. The molecule has 32 heavy (non-hydrogen) atoms. The van der Waals surface area contributed by atoms with Crippen LogP contribution in [-0.4, -0.2) is 49.9 Å². The van der Waals surface area contributed by atoms with Gasteiger partial charge in [0.05, 0.1) is 23.4 Å². The molecule has 0 aliphatic heterocycles. The van der Waals surface area contributed by atoms with Gasteiger partial charge in [0.15, 0.2) is 4.34 Å². The number of aromatic nitrogens is 2. The maximum absolute atomic E-state index is 13.3. The van der Waals surface area contributed by atoms with Crippen LogP contribution in [-0.2, 0) is 24.3 Å². The summed E-state index contributed by atoms with van der Waals surface area (Å²) < 4.78 is 32.7. The first-order chi connectivity index (χ1) is 15.3. The van der Waals surface area contributed by atoms with Gasteiger partial charge in [0.25, 0.3) is 10.0 Å². The highest BCUT2D eigenvalue weighted by Crippen LogP contribution is 2.27. The van der Waals surface area contributed by atoms with Gasteiger partial charge in [-0.2, -0.15) is 0 Å². The van der Waals surface area contributed by atoms with Crippen molar-refractivity contribution in [1.82, 2.24) is 10.2 Å². The summed E-state index contributed by atoms with van der Waals surface area (Å²) in [6.07, 6.45) is 0. The standard InChI is InChI=1S/C20H20N4O5S3/c1-14-8-10-16(11-9-14)32(27,28)24(15-6-4-3-5-7-15)12-17(25)21-19-22-23-20(31-19)30-13-18(26)29-2/h3-11H,12-13H2,1-2H3,(H,21,22,25). The molecule has 0 radical (unpaired) electrons. The van der Waals surface area contributed by atoms with Crippen LogP contribution in [0.5, 0.6) is 0 Å². The van der Waals surface area contributed by atoms with Gasteiger partial charge in [-0.25, -0.2) is 8.42 Å². The molecule has 1 heterocycles. The van der Waals surface area contributed by atoms with Crippen molar-refractivity contribution >= 4 is 55.8 Å². The first-order valence-electron chi connectivity index (χ1n) is 9.27. The summed E-state index contributed by atoms with van der Waals surface area (Å²) in [5.41, 5.74) is 1.28. The summed E-state index contributed by atoms with van der Waals surface area (Å²) >= 11 is 2.20. The first kappa shape index (κ1) is 23.7. The van der Waals surface area contributed by atoms with Gasteiger partial charge in [-0.05, 0) is 31.2 Å². The van der Waals surface area contributed by atoms with Crippen molar-refractivity contribution in [3.8, 4) is 0 Å². The van der Waals surface area contributed by atoms with E-state index in [1.54, 1.807) is 42.5 Å². The monoisotopic (exact) mass is 492 g/mol. The molecule has 0 aliphatic rings. The number of amides is 1. The minimum atomic E-state index is -3.99. The smallest absolute Gasteiger partial charge is 0.316 e. The van der Waals surface area contributed by atoms with Gasteiger partial charge in [-0.3, -0.25) is 19.2 Å². The van der Waals surface area contributed by atoms with Crippen LogP contribution in [0.1, 0.15) is 5.56 Å². The molecule has 0 fully saturated rings. The van der Waals surface area contributed by atoms with Crippen molar-refractivity contribution in [3.05, 3.63) is 60.2 Å². The fourth-order valence-electron chi connectivity index (χ4n) is 2.53. The van der Waals surface area contributed by atoms with E-state index < -0.39 is 28.4 Å². The first-order valence-corrected chi connectivity index (χ1v) is 12.5. The van der Waals surface area contributed by atoms with Crippen LogP contribution in [0.4, 0.5) is 10.8 Å². The number of esters is 1.